The number of methoxy groups -OCH3 is 1. The lowest BCUT2D eigenvalue weighted by molar-refractivity contribution is -0.0730. The normalized spacial score (nSPS) is 29.4. The van der Waals surface area contributed by atoms with Crippen molar-refractivity contribution in [3.8, 4) is 0 Å². The van der Waals surface area contributed by atoms with E-state index in [0.717, 1.165) is 32.7 Å². The number of hydrogen-bond donors (Lipinski definition) is 1. The van der Waals surface area contributed by atoms with Crippen molar-refractivity contribution in [3.63, 3.8) is 0 Å². The van der Waals surface area contributed by atoms with Gasteiger partial charge < -0.3 is 15.2 Å². The van der Waals surface area contributed by atoms with E-state index in [2.05, 4.69) is 11.8 Å². The van der Waals surface area contributed by atoms with Crippen LogP contribution in [0, 0.1) is 0 Å². The van der Waals surface area contributed by atoms with Gasteiger partial charge in [0.25, 0.3) is 0 Å². The summed E-state index contributed by atoms with van der Waals surface area (Å²) in [5.74, 6) is 0. The quantitative estimate of drug-likeness (QED) is 0.641. The fraction of sp³-hybridized carbons (Fsp3) is 1.00. The summed E-state index contributed by atoms with van der Waals surface area (Å²) in [6, 6.07) is 0. The summed E-state index contributed by atoms with van der Waals surface area (Å²) in [7, 11) is 1.74. The van der Waals surface area contributed by atoms with Crippen LogP contribution >= 0.6 is 0 Å². The first-order valence-electron chi connectivity index (χ1n) is 5.33. The predicted octanol–water partition coefficient (Wildman–Crippen LogP) is 0.0709. The van der Waals surface area contributed by atoms with Gasteiger partial charge in [-0.05, 0) is 13.3 Å². The maximum atomic E-state index is 5.67. The first kappa shape index (κ1) is 11.9. The molecule has 2 N–H and O–H groups in total. The smallest absolute Gasteiger partial charge is 0.0828 e. The maximum Gasteiger partial charge on any atom is 0.0828 e. The zero-order valence-electron chi connectivity index (χ0n) is 9.24. The molecule has 4 heteroatoms. The zero-order valence-corrected chi connectivity index (χ0v) is 9.24. The minimum atomic E-state index is 0.210. The van der Waals surface area contributed by atoms with Crippen molar-refractivity contribution in [1.29, 1.82) is 0 Å². The van der Waals surface area contributed by atoms with E-state index in [9.17, 15) is 0 Å². The van der Waals surface area contributed by atoms with Gasteiger partial charge in [0.15, 0.2) is 0 Å². The van der Waals surface area contributed by atoms with E-state index in [4.69, 9.17) is 15.2 Å². The summed E-state index contributed by atoms with van der Waals surface area (Å²) in [5, 5.41) is 0. The minimum Gasteiger partial charge on any atom is -0.385 e. The lowest BCUT2D eigenvalue weighted by Gasteiger charge is -2.36. The monoisotopic (exact) mass is 202 g/mol. The van der Waals surface area contributed by atoms with Gasteiger partial charge in [-0.2, -0.15) is 0 Å². The van der Waals surface area contributed by atoms with Gasteiger partial charge in [-0.15, -0.1) is 0 Å². The third kappa shape index (κ3) is 3.92. The molecule has 1 fully saturated rings. The molecule has 1 saturated heterocycles. The van der Waals surface area contributed by atoms with Gasteiger partial charge in [0, 0.05) is 39.9 Å². The molecule has 84 valence electrons. The van der Waals surface area contributed by atoms with E-state index in [1.165, 1.54) is 0 Å². The van der Waals surface area contributed by atoms with E-state index in [1.54, 1.807) is 7.11 Å². The Morgan fingerprint density at radius 3 is 2.93 bits per heavy atom. The van der Waals surface area contributed by atoms with E-state index < -0.39 is 0 Å². The van der Waals surface area contributed by atoms with E-state index in [-0.39, 0.29) is 6.10 Å². The molecule has 0 radical (unpaired) electrons. The Balaban J connectivity index is 2.23. The van der Waals surface area contributed by atoms with Crippen LogP contribution in [-0.2, 0) is 9.47 Å². The average Bonchev–Trinajstić information content (AvgIpc) is 2.17. The van der Waals surface area contributed by atoms with Crippen LogP contribution in [0.1, 0.15) is 13.3 Å². The van der Waals surface area contributed by atoms with Crippen molar-refractivity contribution in [3.05, 3.63) is 0 Å². The molecule has 1 rings (SSSR count). The van der Waals surface area contributed by atoms with Gasteiger partial charge >= 0.3 is 0 Å². The molecule has 2 unspecified atom stereocenters. The highest BCUT2D eigenvalue weighted by molar-refractivity contribution is 4.75. The molecule has 1 aliphatic heterocycles. The Morgan fingerprint density at radius 2 is 2.29 bits per heavy atom. The highest BCUT2D eigenvalue weighted by Crippen LogP contribution is 2.10. The second-order valence-corrected chi connectivity index (χ2v) is 3.91. The second kappa shape index (κ2) is 6.35. The number of morpholine rings is 1. The molecular weight excluding hydrogens is 180 g/mol. The molecule has 0 aromatic heterocycles. The fourth-order valence-electron chi connectivity index (χ4n) is 1.89. The summed E-state index contributed by atoms with van der Waals surface area (Å²) in [6.45, 7) is 6.61. The van der Waals surface area contributed by atoms with Crippen LogP contribution in [-0.4, -0.2) is 57.0 Å². The number of ether oxygens (including phenoxy) is 2. The van der Waals surface area contributed by atoms with Gasteiger partial charge in [-0.25, -0.2) is 0 Å². The third-order valence-corrected chi connectivity index (χ3v) is 2.49. The molecule has 14 heavy (non-hydrogen) atoms. The largest absolute Gasteiger partial charge is 0.385 e. The Labute approximate surface area is 86.3 Å². The van der Waals surface area contributed by atoms with Crippen molar-refractivity contribution < 1.29 is 9.47 Å². The summed E-state index contributed by atoms with van der Waals surface area (Å²) < 4.78 is 10.7. The Hall–Kier alpha value is -0.160. The van der Waals surface area contributed by atoms with Crippen molar-refractivity contribution in [2.45, 2.75) is 25.6 Å². The Kier molecular flexibility index (Phi) is 5.40. The maximum absolute atomic E-state index is 5.67. The van der Waals surface area contributed by atoms with Crippen LogP contribution in [0.2, 0.25) is 0 Å². The highest BCUT2D eigenvalue weighted by Gasteiger charge is 2.23. The predicted molar refractivity (Wildman–Crippen MR) is 56.3 cm³/mol. The van der Waals surface area contributed by atoms with Crippen molar-refractivity contribution in [2.75, 3.05) is 39.9 Å². The molecule has 0 amide bonds. The molecule has 0 aromatic carbocycles. The Morgan fingerprint density at radius 1 is 1.50 bits per heavy atom. The van der Waals surface area contributed by atoms with Crippen LogP contribution in [0.15, 0.2) is 0 Å². The molecule has 1 aliphatic rings. The molecule has 4 nitrogen and oxygen atoms in total. The van der Waals surface area contributed by atoms with Gasteiger partial charge in [-0.3, -0.25) is 4.90 Å². The van der Waals surface area contributed by atoms with Crippen LogP contribution in [0.25, 0.3) is 0 Å². The molecule has 2 atom stereocenters. The summed E-state index contributed by atoms with van der Waals surface area (Å²) in [4.78, 5) is 2.41. The van der Waals surface area contributed by atoms with Crippen LogP contribution in [0.5, 0.6) is 0 Å². The Bertz CT molecular complexity index is 155. The third-order valence-electron chi connectivity index (χ3n) is 2.49. The topological polar surface area (TPSA) is 47.7 Å². The van der Waals surface area contributed by atoms with E-state index in [1.807, 2.05) is 0 Å². The van der Waals surface area contributed by atoms with E-state index in [0.29, 0.717) is 12.6 Å². The van der Waals surface area contributed by atoms with E-state index >= 15 is 0 Å². The van der Waals surface area contributed by atoms with Gasteiger partial charge in [0.2, 0.25) is 0 Å². The molecular formula is C10H22N2O2. The minimum absolute atomic E-state index is 0.210. The summed E-state index contributed by atoms with van der Waals surface area (Å²) in [5.41, 5.74) is 5.61. The first-order chi connectivity index (χ1) is 6.76. The second-order valence-electron chi connectivity index (χ2n) is 3.91. The van der Waals surface area contributed by atoms with Gasteiger partial charge in [0.1, 0.15) is 0 Å². The highest BCUT2D eigenvalue weighted by atomic mass is 16.5. The molecule has 0 saturated carbocycles. The molecule has 0 aliphatic carbocycles. The van der Waals surface area contributed by atoms with Crippen molar-refractivity contribution in [1.82, 2.24) is 4.90 Å². The summed E-state index contributed by atoms with van der Waals surface area (Å²) >= 11 is 0. The van der Waals surface area contributed by atoms with Crippen molar-refractivity contribution in [2.24, 2.45) is 5.73 Å². The van der Waals surface area contributed by atoms with Crippen LogP contribution < -0.4 is 5.73 Å². The molecule has 0 aromatic rings. The van der Waals surface area contributed by atoms with Crippen LogP contribution in [0.3, 0.4) is 0 Å². The zero-order chi connectivity index (χ0) is 10.4. The number of nitrogens with zero attached hydrogens (tertiary/aromatic N) is 1. The standard InChI is InChI=1S/C10H22N2O2/c1-9-7-12(4-3-5-13-2)8-10(6-11)14-9/h9-10H,3-8,11H2,1-2H3. The number of rotatable bonds is 5. The van der Waals surface area contributed by atoms with Gasteiger partial charge in [0.05, 0.1) is 12.2 Å². The molecule has 1 heterocycles. The van der Waals surface area contributed by atoms with Crippen molar-refractivity contribution >= 4 is 0 Å². The lowest BCUT2D eigenvalue weighted by atomic mass is 10.2. The average molecular weight is 202 g/mol. The van der Waals surface area contributed by atoms with Gasteiger partial charge in [-0.1, -0.05) is 0 Å². The number of nitrogens with two attached hydrogens (primary N) is 1. The first-order valence-corrected chi connectivity index (χ1v) is 5.33. The summed E-state index contributed by atoms with van der Waals surface area (Å²) in [6.07, 6.45) is 1.60. The van der Waals surface area contributed by atoms with Crippen LogP contribution in [0.4, 0.5) is 0 Å². The molecule has 0 bridgehead atoms. The SMILES string of the molecule is COCCCN1CC(C)OC(CN)C1. The fourth-order valence-corrected chi connectivity index (χ4v) is 1.89. The molecule has 0 spiro atoms. The lowest BCUT2D eigenvalue weighted by Crippen LogP contribution is -2.49. The number of hydrogen-bond acceptors (Lipinski definition) is 4.